The Bertz CT molecular complexity index is 559. The molecule has 1 aromatic carbocycles. The Labute approximate surface area is 117 Å². The number of hydrogen-bond donors (Lipinski definition) is 2. The van der Waals surface area contributed by atoms with Crippen LogP contribution in [0.4, 0.5) is 5.69 Å². The zero-order valence-electron chi connectivity index (χ0n) is 10.5. The topological polar surface area (TPSA) is 54.0 Å². The zero-order valence-corrected chi connectivity index (χ0v) is 11.3. The summed E-state index contributed by atoms with van der Waals surface area (Å²) in [6.45, 7) is 2.07. The molecular formula is C14H16ClN3O. The van der Waals surface area contributed by atoms with Crippen LogP contribution in [0.25, 0.3) is 10.9 Å². The van der Waals surface area contributed by atoms with Crippen LogP contribution in [-0.4, -0.2) is 30.9 Å². The van der Waals surface area contributed by atoms with Crippen molar-refractivity contribution in [1.82, 2.24) is 10.3 Å². The van der Waals surface area contributed by atoms with Gasteiger partial charge in [0.25, 0.3) is 0 Å². The van der Waals surface area contributed by atoms with E-state index in [1.54, 1.807) is 6.20 Å². The first-order valence-corrected chi connectivity index (χ1v) is 6.61. The molecule has 0 fully saturated rings. The molecule has 1 aromatic heterocycles. The van der Waals surface area contributed by atoms with Crippen molar-refractivity contribution in [3.63, 3.8) is 0 Å². The first kappa shape index (κ1) is 13.8. The molecule has 2 aromatic rings. The van der Waals surface area contributed by atoms with Gasteiger partial charge in [-0.2, -0.15) is 0 Å². The van der Waals surface area contributed by atoms with E-state index in [0.29, 0.717) is 11.6 Å². The standard InChI is InChI=1S/C14H16ClN3O/c15-11-2-3-12-13(4-7-18-14(12)10-11)17-6-1-5-16-8-9-19/h2-4,7,9-10,16H,1,5-6,8H2,(H,17,18). The summed E-state index contributed by atoms with van der Waals surface area (Å²) in [5.41, 5.74) is 1.94. The Balaban J connectivity index is 1.95. The van der Waals surface area contributed by atoms with Gasteiger partial charge >= 0.3 is 0 Å². The van der Waals surface area contributed by atoms with Crippen molar-refractivity contribution < 1.29 is 4.79 Å². The Morgan fingerprint density at radius 3 is 3.00 bits per heavy atom. The van der Waals surface area contributed by atoms with E-state index in [2.05, 4.69) is 15.6 Å². The maximum absolute atomic E-state index is 10.1. The molecule has 0 radical (unpaired) electrons. The number of aromatic nitrogens is 1. The van der Waals surface area contributed by atoms with Crippen molar-refractivity contribution >= 4 is 34.5 Å². The molecule has 100 valence electrons. The summed E-state index contributed by atoms with van der Waals surface area (Å²) in [6, 6.07) is 7.64. The van der Waals surface area contributed by atoms with Crippen LogP contribution in [0.2, 0.25) is 5.02 Å². The minimum Gasteiger partial charge on any atom is -0.384 e. The van der Waals surface area contributed by atoms with Crippen molar-refractivity contribution in [3.8, 4) is 0 Å². The Morgan fingerprint density at radius 2 is 2.16 bits per heavy atom. The van der Waals surface area contributed by atoms with Gasteiger partial charge in [-0.15, -0.1) is 0 Å². The van der Waals surface area contributed by atoms with E-state index in [9.17, 15) is 4.79 Å². The van der Waals surface area contributed by atoms with Crippen molar-refractivity contribution in [2.75, 3.05) is 25.0 Å². The number of carbonyl (C=O) groups excluding carboxylic acids is 1. The summed E-state index contributed by atoms with van der Waals surface area (Å²) in [5.74, 6) is 0. The maximum atomic E-state index is 10.1. The number of benzene rings is 1. The second-order valence-electron chi connectivity index (χ2n) is 4.17. The number of fused-ring (bicyclic) bond motifs is 1. The van der Waals surface area contributed by atoms with Crippen molar-refractivity contribution in [3.05, 3.63) is 35.5 Å². The van der Waals surface area contributed by atoms with Crippen LogP contribution in [0.15, 0.2) is 30.5 Å². The first-order valence-electron chi connectivity index (χ1n) is 6.24. The number of nitrogens with one attached hydrogen (secondary N) is 2. The lowest BCUT2D eigenvalue weighted by Gasteiger charge is -2.09. The first-order chi connectivity index (χ1) is 9.31. The molecule has 0 bridgehead atoms. The van der Waals surface area contributed by atoms with E-state index in [1.165, 1.54) is 0 Å². The summed E-state index contributed by atoms with van der Waals surface area (Å²) in [5, 5.41) is 8.15. The third-order valence-electron chi connectivity index (χ3n) is 2.78. The second kappa shape index (κ2) is 7.07. The molecule has 5 heteroatoms. The maximum Gasteiger partial charge on any atom is 0.133 e. The highest BCUT2D eigenvalue weighted by Gasteiger charge is 2.01. The van der Waals surface area contributed by atoms with Gasteiger partial charge in [0.05, 0.1) is 12.1 Å². The average molecular weight is 278 g/mol. The molecule has 0 unspecified atom stereocenters. The lowest BCUT2D eigenvalue weighted by Crippen LogP contribution is -2.19. The van der Waals surface area contributed by atoms with Crippen LogP contribution in [0.5, 0.6) is 0 Å². The van der Waals surface area contributed by atoms with E-state index in [-0.39, 0.29) is 0 Å². The van der Waals surface area contributed by atoms with Crippen LogP contribution in [0, 0.1) is 0 Å². The van der Waals surface area contributed by atoms with Gasteiger partial charge in [-0.3, -0.25) is 4.98 Å². The minimum absolute atomic E-state index is 0.413. The molecule has 0 aliphatic carbocycles. The fraction of sp³-hybridized carbons (Fsp3) is 0.286. The molecule has 0 atom stereocenters. The van der Waals surface area contributed by atoms with Crippen molar-refractivity contribution in [1.29, 1.82) is 0 Å². The highest BCUT2D eigenvalue weighted by molar-refractivity contribution is 6.31. The Morgan fingerprint density at radius 1 is 1.26 bits per heavy atom. The number of anilines is 1. The number of rotatable bonds is 7. The highest BCUT2D eigenvalue weighted by Crippen LogP contribution is 2.24. The van der Waals surface area contributed by atoms with E-state index >= 15 is 0 Å². The average Bonchev–Trinajstić information content (AvgIpc) is 2.42. The number of nitrogens with zero attached hydrogens (tertiary/aromatic N) is 1. The monoisotopic (exact) mass is 277 g/mol. The zero-order chi connectivity index (χ0) is 13.5. The van der Waals surface area contributed by atoms with Crippen LogP contribution < -0.4 is 10.6 Å². The van der Waals surface area contributed by atoms with E-state index in [0.717, 1.165) is 42.4 Å². The Hall–Kier alpha value is -1.65. The van der Waals surface area contributed by atoms with E-state index < -0.39 is 0 Å². The summed E-state index contributed by atoms with van der Waals surface area (Å²) in [6.07, 6.45) is 3.59. The van der Waals surface area contributed by atoms with Gasteiger partial charge in [0.2, 0.25) is 0 Å². The smallest absolute Gasteiger partial charge is 0.133 e. The van der Waals surface area contributed by atoms with Crippen LogP contribution in [-0.2, 0) is 4.79 Å². The lowest BCUT2D eigenvalue weighted by molar-refractivity contribution is -0.107. The van der Waals surface area contributed by atoms with Gasteiger partial charge in [0.15, 0.2) is 0 Å². The Kier molecular flexibility index (Phi) is 5.12. The summed E-state index contributed by atoms with van der Waals surface area (Å²) >= 11 is 5.95. The van der Waals surface area contributed by atoms with E-state index in [4.69, 9.17) is 11.6 Å². The quantitative estimate of drug-likeness (QED) is 0.603. The molecule has 0 amide bonds. The number of hydrogen-bond acceptors (Lipinski definition) is 4. The summed E-state index contributed by atoms with van der Waals surface area (Å²) in [7, 11) is 0. The summed E-state index contributed by atoms with van der Waals surface area (Å²) in [4.78, 5) is 14.4. The molecule has 4 nitrogen and oxygen atoms in total. The number of halogens is 1. The lowest BCUT2D eigenvalue weighted by atomic mass is 10.2. The van der Waals surface area contributed by atoms with Crippen molar-refractivity contribution in [2.45, 2.75) is 6.42 Å². The second-order valence-corrected chi connectivity index (χ2v) is 4.61. The fourth-order valence-corrected chi connectivity index (χ4v) is 2.04. The van der Waals surface area contributed by atoms with Crippen molar-refractivity contribution in [2.24, 2.45) is 0 Å². The minimum atomic E-state index is 0.413. The molecular weight excluding hydrogens is 262 g/mol. The largest absolute Gasteiger partial charge is 0.384 e. The molecule has 0 aliphatic rings. The van der Waals surface area contributed by atoms with Gasteiger partial charge < -0.3 is 15.4 Å². The predicted octanol–water partition coefficient (Wildman–Crippen LogP) is 2.48. The number of pyridine rings is 1. The molecule has 0 spiro atoms. The molecule has 1 heterocycles. The third-order valence-corrected chi connectivity index (χ3v) is 3.01. The van der Waals surface area contributed by atoms with Crippen LogP contribution >= 0.6 is 11.6 Å². The molecule has 19 heavy (non-hydrogen) atoms. The fourth-order valence-electron chi connectivity index (χ4n) is 1.87. The van der Waals surface area contributed by atoms with Gasteiger partial charge in [-0.1, -0.05) is 11.6 Å². The van der Waals surface area contributed by atoms with Gasteiger partial charge in [-0.25, -0.2) is 0 Å². The SMILES string of the molecule is O=CCNCCCNc1ccnc2cc(Cl)ccc12. The predicted molar refractivity (Wildman–Crippen MR) is 78.8 cm³/mol. The third kappa shape index (κ3) is 3.91. The molecule has 0 aliphatic heterocycles. The molecule has 0 saturated carbocycles. The van der Waals surface area contributed by atoms with E-state index in [1.807, 2.05) is 24.3 Å². The van der Waals surface area contributed by atoms with Gasteiger partial charge in [-0.05, 0) is 37.2 Å². The molecule has 2 rings (SSSR count). The van der Waals surface area contributed by atoms with Gasteiger partial charge in [0.1, 0.15) is 6.29 Å². The van der Waals surface area contributed by atoms with Crippen LogP contribution in [0.1, 0.15) is 6.42 Å². The number of aldehydes is 1. The van der Waals surface area contributed by atoms with Gasteiger partial charge in [0, 0.05) is 28.8 Å². The van der Waals surface area contributed by atoms with Crippen LogP contribution in [0.3, 0.4) is 0 Å². The summed E-state index contributed by atoms with van der Waals surface area (Å²) < 4.78 is 0. The highest BCUT2D eigenvalue weighted by atomic mass is 35.5. The molecule has 2 N–H and O–H groups in total. The number of carbonyl (C=O) groups is 1. The molecule has 0 saturated heterocycles. The normalized spacial score (nSPS) is 10.6.